The Morgan fingerprint density at radius 1 is 1.33 bits per heavy atom. The molecule has 1 aromatic carbocycles. The fraction of sp³-hybridized carbons (Fsp3) is 0.417. The molecule has 0 spiro atoms. The van der Waals surface area contributed by atoms with Crippen LogP contribution in [0.4, 0.5) is 13.2 Å². The van der Waals surface area contributed by atoms with Crippen molar-refractivity contribution in [2.45, 2.75) is 25.9 Å². The molecule has 0 aliphatic heterocycles. The first-order chi connectivity index (χ1) is 8.34. The van der Waals surface area contributed by atoms with Crippen LogP contribution in [0.2, 0.25) is 5.02 Å². The number of nitrogens with one attached hydrogen (secondary N) is 1. The van der Waals surface area contributed by atoms with Gasteiger partial charge in [0.25, 0.3) is 0 Å². The predicted molar refractivity (Wildman–Crippen MR) is 63.6 cm³/mol. The molecule has 2 nitrogen and oxygen atoms in total. The Kier molecular flexibility index (Phi) is 5.02. The molecule has 1 aromatic rings. The molecule has 1 amide bonds. The molecule has 0 aliphatic carbocycles. The van der Waals surface area contributed by atoms with Gasteiger partial charge in [0.2, 0.25) is 0 Å². The zero-order chi connectivity index (χ0) is 13.8. The molecule has 0 heterocycles. The molecule has 6 heteroatoms. The van der Waals surface area contributed by atoms with Crippen molar-refractivity contribution in [3.8, 4) is 0 Å². The van der Waals surface area contributed by atoms with E-state index in [1.54, 1.807) is 18.2 Å². The summed E-state index contributed by atoms with van der Waals surface area (Å²) in [5.74, 6) is -1.91. The number of hydrogen-bond donors (Lipinski definition) is 1. The highest BCUT2D eigenvalue weighted by Crippen LogP contribution is 2.17. The number of alkyl halides is 3. The molecule has 1 rings (SSSR count). The molecule has 0 aliphatic rings. The predicted octanol–water partition coefficient (Wildman–Crippen LogP) is 3.12. The molecule has 0 saturated carbocycles. The Hall–Kier alpha value is -1.23. The number of rotatable bonds is 4. The summed E-state index contributed by atoms with van der Waals surface area (Å²) in [7, 11) is 0. The zero-order valence-corrected chi connectivity index (χ0v) is 10.5. The molecule has 0 unspecified atom stereocenters. The standard InChI is InChI=1S/C12H13ClF3NO/c1-2-8-7-10(13)4-3-9(8)5-6-17-11(18)12(14,15)16/h3-4,7H,2,5-6H2,1H3,(H,17,18). The van der Waals surface area contributed by atoms with Crippen molar-refractivity contribution < 1.29 is 18.0 Å². The first-order valence-electron chi connectivity index (χ1n) is 5.47. The van der Waals surface area contributed by atoms with Crippen LogP contribution < -0.4 is 5.32 Å². The fourth-order valence-corrected chi connectivity index (χ4v) is 1.77. The van der Waals surface area contributed by atoms with Gasteiger partial charge in [0.1, 0.15) is 0 Å². The van der Waals surface area contributed by atoms with Crippen molar-refractivity contribution in [2.24, 2.45) is 0 Å². The summed E-state index contributed by atoms with van der Waals surface area (Å²) in [4.78, 5) is 10.6. The monoisotopic (exact) mass is 279 g/mol. The Bertz CT molecular complexity index is 432. The van der Waals surface area contributed by atoms with E-state index in [1.807, 2.05) is 12.2 Å². The van der Waals surface area contributed by atoms with Gasteiger partial charge in [0.15, 0.2) is 0 Å². The van der Waals surface area contributed by atoms with Crippen molar-refractivity contribution in [3.63, 3.8) is 0 Å². The maximum Gasteiger partial charge on any atom is 0.471 e. The molecule has 1 N–H and O–H groups in total. The van der Waals surface area contributed by atoms with E-state index in [4.69, 9.17) is 11.6 Å². The van der Waals surface area contributed by atoms with E-state index in [0.717, 1.165) is 17.5 Å². The number of benzene rings is 1. The van der Waals surface area contributed by atoms with E-state index < -0.39 is 12.1 Å². The van der Waals surface area contributed by atoms with Crippen LogP contribution in [0, 0.1) is 0 Å². The highest BCUT2D eigenvalue weighted by atomic mass is 35.5. The lowest BCUT2D eigenvalue weighted by Gasteiger charge is -2.10. The second kappa shape index (κ2) is 6.09. The number of carbonyl (C=O) groups is 1. The van der Waals surface area contributed by atoms with E-state index in [-0.39, 0.29) is 6.54 Å². The normalized spacial score (nSPS) is 11.4. The second-order valence-electron chi connectivity index (χ2n) is 3.77. The van der Waals surface area contributed by atoms with Gasteiger partial charge in [-0.25, -0.2) is 0 Å². The van der Waals surface area contributed by atoms with Crippen LogP contribution in [0.5, 0.6) is 0 Å². The Morgan fingerprint density at radius 2 is 2.00 bits per heavy atom. The van der Waals surface area contributed by atoms with Crippen LogP contribution in [0.25, 0.3) is 0 Å². The van der Waals surface area contributed by atoms with Crippen LogP contribution in [-0.4, -0.2) is 18.6 Å². The molecule has 100 valence electrons. The van der Waals surface area contributed by atoms with Gasteiger partial charge in [0, 0.05) is 11.6 Å². The number of aryl methyl sites for hydroxylation is 1. The first-order valence-corrected chi connectivity index (χ1v) is 5.84. The van der Waals surface area contributed by atoms with Gasteiger partial charge in [-0.15, -0.1) is 0 Å². The molecule has 0 saturated heterocycles. The van der Waals surface area contributed by atoms with Crippen LogP contribution >= 0.6 is 11.6 Å². The third-order valence-corrected chi connectivity index (χ3v) is 2.72. The summed E-state index contributed by atoms with van der Waals surface area (Å²) in [5.41, 5.74) is 1.87. The third kappa shape index (κ3) is 4.22. The SMILES string of the molecule is CCc1cc(Cl)ccc1CCNC(=O)C(F)(F)F. The summed E-state index contributed by atoms with van der Waals surface area (Å²) in [5, 5.41) is 2.43. The summed E-state index contributed by atoms with van der Waals surface area (Å²) in [6.45, 7) is 1.89. The number of carbonyl (C=O) groups excluding carboxylic acids is 1. The summed E-state index contributed by atoms with van der Waals surface area (Å²) < 4.78 is 35.8. The van der Waals surface area contributed by atoms with Crippen molar-refractivity contribution in [1.29, 1.82) is 0 Å². The van der Waals surface area contributed by atoms with E-state index in [1.165, 1.54) is 0 Å². The average Bonchev–Trinajstić information content (AvgIpc) is 2.29. The quantitative estimate of drug-likeness (QED) is 0.901. The lowest BCUT2D eigenvalue weighted by molar-refractivity contribution is -0.173. The van der Waals surface area contributed by atoms with Gasteiger partial charge in [-0.05, 0) is 36.1 Å². The van der Waals surface area contributed by atoms with E-state index in [9.17, 15) is 18.0 Å². The molecule has 0 aromatic heterocycles. The van der Waals surface area contributed by atoms with Gasteiger partial charge < -0.3 is 5.32 Å². The van der Waals surface area contributed by atoms with Crippen molar-refractivity contribution in [1.82, 2.24) is 5.32 Å². The number of hydrogen-bond acceptors (Lipinski definition) is 1. The largest absolute Gasteiger partial charge is 0.471 e. The van der Waals surface area contributed by atoms with E-state index in [0.29, 0.717) is 11.4 Å². The first kappa shape index (κ1) is 14.8. The topological polar surface area (TPSA) is 29.1 Å². The maximum absolute atomic E-state index is 11.9. The minimum atomic E-state index is -4.83. The molecule has 0 fully saturated rings. The number of halogens is 4. The lowest BCUT2D eigenvalue weighted by Crippen LogP contribution is -2.37. The lowest BCUT2D eigenvalue weighted by atomic mass is 10.0. The third-order valence-electron chi connectivity index (χ3n) is 2.49. The van der Waals surface area contributed by atoms with Gasteiger partial charge in [0.05, 0.1) is 0 Å². The van der Waals surface area contributed by atoms with Crippen molar-refractivity contribution in [3.05, 3.63) is 34.3 Å². The minimum Gasteiger partial charge on any atom is -0.348 e. The molecule has 0 bridgehead atoms. The maximum atomic E-state index is 11.9. The van der Waals surface area contributed by atoms with Crippen LogP contribution in [-0.2, 0) is 17.6 Å². The Morgan fingerprint density at radius 3 is 2.56 bits per heavy atom. The van der Waals surface area contributed by atoms with Crippen LogP contribution in [0.1, 0.15) is 18.1 Å². The molecular formula is C12H13ClF3NO. The number of amides is 1. The average molecular weight is 280 g/mol. The highest BCUT2D eigenvalue weighted by molar-refractivity contribution is 6.30. The second-order valence-corrected chi connectivity index (χ2v) is 4.21. The van der Waals surface area contributed by atoms with Gasteiger partial charge in [-0.1, -0.05) is 24.6 Å². The zero-order valence-electron chi connectivity index (χ0n) is 9.77. The van der Waals surface area contributed by atoms with Crippen molar-refractivity contribution >= 4 is 17.5 Å². The molecule has 0 atom stereocenters. The summed E-state index contributed by atoms with van der Waals surface area (Å²) in [6.07, 6.45) is -3.74. The smallest absolute Gasteiger partial charge is 0.348 e. The summed E-state index contributed by atoms with van der Waals surface area (Å²) >= 11 is 5.82. The van der Waals surface area contributed by atoms with E-state index >= 15 is 0 Å². The Balaban J connectivity index is 2.57. The Labute approximate surface area is 108 Å². The van der Waals surface area contributed by atoms with Gasteiger partial charge >= 0.3 is 12.1 Å². The minimum absolute atomic E-state index is 0.0486. The van der Waals surface area contributed by atoms with Crippen molar-refractivity contribution in [2.75, 3.05) is 6.54 Å². The fourth-order valence-electron chi connectivity index (χ4n) is 1.58. The molecule has 0 radical (unpaired) electrons. The molecule has 18 heavy (non-hydrogen) atoms. The highest BCUT2D eigenvalue weighted by Gasteiger charge is 2.38. The van der Waals surface area contributed by atoms with Gasteiger partial charge in [-0.2, -0.15) is 13.2 Å². The van der Waals surface area contributed by atoms with Gasteiger partial charge in [-0.3, -0.25) is 4.79 Å². The summed E-state index contributed by atoms with van der Waals surface area (Å²) in [6, 6.07) is 5.23. The van der Waals surface area contributed by atoms with Crippen LogP contribution in [0.15, 0.2) is 18.2 Å². The van der Waals surface area contributed by atoms with Crippen LogP contribution in [0.3, 0.4) is 0 Å². The molecular weight excluding hydrogens is 267 g/mol. The van der Waals surface area contributed by atoms with E-state index in [2.05, 4.69) is 0 Å².